The molecule has 0 fully saturated rings. The highest BCUT2D eigenvalue weighted by atomic mass is 35.5. The second-order valence-electron chi connectivity index (χ2n) is 7.78. The molecular formula is C24H21ClN4OS2. The summed E-state index contributed by atoms with van der Waals surface area (Å²) in [6.45, 7) is 5.45. The van der Waals surface area contributed by atoms with E-state index >= 15 is 0 Å². The van der Waals surface area contributed by atoms with Crippen LogP contribution in [-0.4, -0.2) is 27.0 Å². The molecule has 0 saturated carbocycles. The molecule has 2 aromatic carbocycles. The molecule has 5 aromatic rings. The van der Waals surface area contributed by atoms with Gasteiger partial charge in [-0.25, -0.2) is 9.97 Å². The third-order valence-corrected chi connectivity index (χ3v) is 8.07. The van der Waals surface area contributed by atoms with Gasteiger partial charge >= 0.3 is 0 Å². The summed E-state index contributed by atoms with van der Waals surface area (Å²) in [5.74, 6) is -0.102. The molecule has 0 bridgehead atoms. The maximum atomic E-state index is 13.8. The molecule has 3 heterocycles. The Bertz CT molecular complexity index is 1420. The lowest BCUT2D eigenvalue weighted by Crippen LogP contribution is -2.32. The number of thiazole rings is 1. The monoisotopic (exact) mass is 480 g/mol. The van der Waals surface area contributed by atoms with Crippen LogP contribution >= 0.6 is 34.3 Å². The van der Waals surface area contributed by atoms with Gasteiger partial charge in [0.05, 0.1) is 21.6 Å². The van der Waals surface area contributed by atoms with Crippen LogP contribution in [0.25, 0.3) is 20.3 Å². The van der Waals surface area contributed by atoms with Gasteiger partial charge in [-0.05, 0) is 43.5 Å². The zero-order chi connectivity index (χ0) is 22.2. The highest BCUT2D eigenvalue weighted by molar-refractivity contribution is 7.23. The smallest absolute Gasteiger partial charge is 0.271 e. The molecule has 162 valence electrons. The van der Waals surface area contributed by atoms with Crippen molar-refractivity contribution in [2.75, 3.05) is 11.4 Å². The quantitative estimate of drug-likeness (QED) is 0.271. The Labute approximate surface area is 198 Å². The minimum absolute atomic E-state index is 0.102. The molecule has 3 aromatic heterocycles. The molecule has 0 N–H and O–H groups in total. The average molecular weight is 481 g/mol. The van der Waals surface area contributed by atoms with Crippen LogP contribution < -0.4 is 4.90 Å². The van der Waals surface area contributed by atoms with Crippen molar-refractivity contribution in [2.24, 2.45) is 0 Å². The number of thiophene rings is 1. The molecule has 0 aliphatic heterocycles. The molecule has 1 amide bonds. The summed E-state index contributed by atoms with van der Waals surface area (Å²) in [6, 6.07) is 12.1. The van der Waals surface area contributed by atoms with E-state index in [-0.39, 0.29) is 5.91 Å². The van der Waals surface area contributed by atoms with Crippen LogP contribution in [0.5, 0.6) is 0 Å². The molecule has 0 spiro atoms. The van der Waals surface area contributed by atoms with E-state index in [0.717, 1.165) is 38.8 Å². The van der Waals surface area contributed by atoms with Crippen LogP contribution in [0.4, 0.5) is 5.13 Å². The highest BCUT2D eigenvalue weighted by Gasteiger charge is 2.26. The van der Waals surface area contributed by atoms with Gasteiger partial charge in [0.25, 0.3) is 5.91 Å². The number of aromatic nitrogens is 3. The van der Waals surface area contributed by atoms with Gasteiger partial charge in [0.2, 0.25) is 0 Å². The standard InChI is InChI=1S/C24H21ClN4OS2/c1-15-12-16(2)21-19(13-15)32-24(27-21)29(10-5-9-28-11-8-26-14-28)23(30)22-20(25)17-6-3-4-7-18(17)31-22/h3-4,6-8,11-14H,5,9-10H2,1-2H3. The first-order chi connectivity index (χ1) is 15.5. The van der Waals surface area contributed by atoms with Crippen LogP contribution in [0.15, 0.2) is 55.1 Å². The number of nitrogens with zero attached hydrogens (tertiary/aromatic N) is 4. The molecule has 0 aliphatic rings. The third-order valence-electron chi connectivity index (χ3n) is 5.38. The number of amides is 1. The van der Waals surface area contributed by atoms with Crippen LogP contribution in [-0.2, 0) is 6.54 Å². The number of carbonyl (C=O) groups is 1. The lowest BCUT2D eigenvalue weighted by atomic mass is 10.1. The zero-order valence-corrected chi connectivity index (χ0v) is 20.1. The first kappa shape index (κ1) is 21.1. The van der Waals surface area contributed by atoms with Crippen LogP contribution in [0.2, 0.25) is 5.02 Å². The van der Waals surface area contributed by atoms with Gasteiger partial charge in [0.1, 0.15) is 4.88 Å². The van der Waals surface area contributed by atoms with Gasteiger partial charge in [-0.15, -0.1) is 11.3 Å². The largest absolute Gasteiger partial charge is 0.337 e. The van der Waals surface area contributed by atoms with E-state index in [1.165, 1.54) is 16.9 Å². The maximum absolute atomic E-state index is 13.8. The average Bonchev–Trinajstić information content (AvgIpc) is 3.50. The normalized spacial score (nSPS) is 11.5. The number of benzene rings is 2. The second kappa shape index (κ2) is 8.65. The van der Waals surface area contributed by atoms with Crippen molar-refractivity contribution in [3.05, 3.63) is 76.1 Å². The molecule has 32 heavy (non-hydrogen) atoms. The fourth-order valence-corrected chi connectivity index (χ4v) is 6.49. The highest BCUT2D eigenvalue weighted by Crippen LogP contribution is 2.38. The van der Waals surface area contributed by atoms with Crippen molar-refractivity contribution >= 4 is 65.6 Å². The predicted molar refractivity (Wildman–Crippen MR) is 134 cm³/mol. The number of imidazole rings is 1. The number of fused-ring (bicyclic) bond motifs is 2. The SMILES string of the molecule is Cc1cc(C)c2nc(N(CCCn3ccnc3)C(=O)c3sc4ccccc4c3Cl)sc2c1. The van der Waals surface area contributed by atoms with Crippen molar-refractivity contribution in [3.63, 3.8) is 0 Å². The van der Waals surface area contributed by atoms with Gasteiger partial charge in [0, 0.05) is 35.6 Å². The molecule has 0 atom stereocenters. The lowest BCUT2D eigenvalue weighted by molar-refractivity contribution is 0.0990. The fourth-order valence-electron chi connectivity index (χ4n) is 3.86. The Morgan fingerprint density at radius 2 is 2.00 bits per heavy atom. The van der Waals surface area contributed by atoms with Gasteiger partial charge in [-0.2, -0.15) is 0 Å². The Morgan fingerprint density at radius 3 is 2.78 bits per heavy atom. The minimum atomic E-state index is -0.102. The number of carbonyl (C=O) groups excluding carboxylic acids is 1. The molecule has 5 nitrogen and oxygen atoms in total. The van der Waals surface area contributed by atoms with Crippen molar-refractivity contribution in [1.29, 1.82) is 0 Å². The fraction of sp³-hybridized carbons (Fsp3) is 0.208. The van der Waals surface area contributed by atoms with E-state index in [0.29, 0.717) is 21.6 Å². The second-order valence-corrected chi connectivity index (χ2v) is 10.2. The van der Waals surface area contributed by atoms with Gasteiger partial charge in [0.15, 0.2) is 5.13 Å². The van der Waals surface area contributed by atoms with Crippen LogP contribution in [0.3, 0.4) is 0 Å². The Hall–Kier alpha value is -2.74. The summed E-state index contributed by atoms with van der Waals surface area (Å²) in [4.78, 5) is 25.1. The van der Waals surface area contributed by atoms with Crippen LogP contribution in [0.1, 0.15) is 27.2 Å². The summed E-state index contributed by atoms with van der Waals surface area (Å²) in [5, 5.41) is 2.14. The van der Waals surface area contributed by atoms with Gasteiger partial charge in [-0.3, -0.25) is 9.69 Å². The summed E-state index contributed by atoms with van der Waals surface area (Å²) < 4.78 is 4.11. The van der Waals surface area contributed by atoms with Crippen molar-refractivity contribution in [1.82, 2.24) is 14.5 Å². The molecular weight excluding hydrogens is 460 g/mol. The van der Waals surface area contributed by atoms with E-state index in [1.54, 1.807) is 28.8 Å². The van der Waals surface area contributed by atoms with Gasteiger partial charge in [-0.1, -0.05) is 47.2 Å². The molecule has 0 aliphatic carbocycles. The number of aryl methyl sites for hydroxylation is 3. The third kappa shape index (κ3) is 3.92. The zero-order valence-electron chi connectivity index (χ0n) is 17.7. The number of hydrogen-bond donors (Lipinski definition) is 0. The molecule has 0 saturated heterocycles. The van der Waals surface area contributed by atoms with E-state index in [1.807, 2.05) is 35.0 Å². The summed E-state index contributed by atoms with van der Waals surface area (Å²) in [6.07, 6.45) is 6.26. The Kier molecular flexibility index (Phi) is 5.71. The number of anilines is 1. The molecule has 0 unspecified atom stereocenters. The predicted octanol–water partition coefficient (Wildman–Crippen LogP) is 6.71. The summed E-state index contributed by atoms with van der Waals surface area (Å²) in [7, 11) is 0. The van der Waals surface area contributed by atoms with E-state index < -0.39 is 0 Å². The number of hydrogen-bond acceptors (Lipinski definition) is 5. The molecule has 5 rings (SSSR count). The molecule has 8 heteroatoms. The summed E-state index contributed by atoms with van der Waals surface area (Å²) in [5.41, 5.74) is 3.26. The van der Waals surface area contributed by atoms with Crippen molar-refractivity contribution in [3.8, 4) is 0 Å². The first-order valence-electron chi connectivity index (χ1n) is 10.3. The lowest BCUT2D eigenvalue weighted by Gasteiger charge is -2.19. The van der Waals surface area contributed by atoms with Crippen LogP contribution in [0, 0.1) is 13.8 Å². The van der Waals surface area contributed by atoms with Crippen molar-refractivity contribution < 1.29 is 4.79 Å². The van der Waals surface area contributed by atoms with Crippen molar-refractivity contribution in [2.45, 2.75) is 26.8 Å². The summed E-state index contributed by atoms with van der Waals surface area (Å²) >= 11 is 9.65. The van der Waals surface area contributed by atoms with E-state index in [2.05, 4.69) is 31.0 Å². The number of rotatable bonds is 6. The van der Waals surface area contributed by atoms with E-state index in [9.17, 15) is 4.79 Å². The first-order valence-corrected chi connectivity index (χ1v) is 12.3. The maximum Gasteiger partial charge on any atom is 0.271 e. The molecule has 0 radical (unpaired) electrons. The van der Waals surface area contributed by atoms with Gasteiger partial charge < -0.3 is 4.57 Å². The van der Waals surface area contributed by atoms with E-state index in [4.69, 9.17) is 16.6 Å². The Morgan fingerprint density at radius 1 is 1.16 bits per heavy atom. The number of halogens is 1. The topological polar surface area (TPSA) is 51.0 Å². The Balaban J connectivity index is 1.53. The minimum Gasteiger partial charge on any atom is -0.337 e.